The smallest absolute Gasteiger partial charge is 0.516 e. The molecule has 0 N–H and O–H groups in total. The first kappa shape index (κ1) is 15.0. The molecule has 0 saturated carbocycles. The molecule has 1 unspecified atom stereocenters. The van der Waals surface area contributed by atoms with Crippen molar-refractivity contribution in [3.8, 4) is 5.75 Å². The van der Waals surface area contributed by atoms with Gasteiger partial charge >= 0.3 is 10.0 Å². The van der Waals surface area contributed by atoms with Crippen LogP contribution in [0.4, 0.5) is 0 Å². The van der Waals surface area contributed by atoms with E-state index in [-0.39, 0.29) is 15.4 Å². The van der Waals surface area contributed by atoms with E-state index in [9.17, 15) is 0 Å². The van der Waals surface area contributed by atoms with Gasteiger partial charge in [0, 0.05) is 8.95 Å². The molecule has 1 aromatic rings. The molecule has 2 radical (unpaired) electrons. The van der Waals surface area contributed by atoms with Crippen LogP contribution in [0.25, 0.3) is 0 Å². The van der Waals surface area contributed by atoms with Crippen LogP contribution in [0.2, 0.25) is 0 Å². The fourth-order valence-electron chi connectivity index (χ4n) is 0.810. The number of alkyl halides is 1. The van der Waals surface area contributed by atoms with Crippen molar-refractivity contribution in [1.29, 1.82) is 0 Å². The monoisotopic (exact) mass is 448 g/mol. The number of hydrogen-bond donors (Lipinski definition) is 0. The van der Waals surface area contributed by atoms with Gasteiger partial charge in [0.05, 0.1) is 16.5 Å². The van der Waals surface area contributed by atoms with Crippen LogP contribution in [0.3, 0.4) is 0 Å². The molecule has 2 nitrogen and oxygen atoms in total. The minimum atomic E-state index is -0.0586. The van der Waals surface area contributed by atoms with Gasteiger partial charge < -0.3 is 8.85 Å². The standard InChI is InChI=1S/C9H8Br3ClO2Si/c1-5(13)4-14-16-15-7-3-2-6(10)8(11)9(7)12/h2-3,5H,4H2,1H3. The summed E-state index contributed by atoms with van der Waals surface area (Å²) >= 11 is 16.0. The molecule has 0 aliphatic carbocycles. The van der Waals surface area contributed by atoms with Gasteiger partial charge in [0.25, 0.3) is 0 Å². The zero-order chi connectivity index (χ0) is 12.1. The predicted octanol–water partition coefficient (Wildman–Crippen LogP) is 4.53. The van der Waals surface area contributed by atoms with Crippen molar-refractivity contribution in [3.63, 3.8) is 0 Å². The van der Waals surface area contributed by atoms with E-state index in [0.29, 0.717) is 6.61 Å². The normalized spacial score (nSPS) is 12.6. The number of hydrogen-bond acceptors (Lipinski definition) is 2. The van der Waals surface area contributed by atoms with Crippen molar-refractivity contribution in [2.45, 2.75) is 12.3 Å². The zero-order valence-electron chi connectivity index (χ0n) is 8.27. The first-order chi connectivity index (χ1) is 7.52. The van der Waals surface area contributed by atoms with Gasteiger partial charge in [0.2, 0.25) is 0 Å². The van der Waals surface area contributed by atoms with E-state index in [4.69, 9.17) is 20.5 Å². The second kappa shape index (κ2) is 7.38. The Morgan fingerprint density at radius 2 is 2.00 bits per heavy atom. The van der Waals surface area contributed by atoms with Crippen LogP contribution < -0.4 is 4.43 Å². The third kappa shape index (κ3) is 4.66. The SMILES string of the molecule is CC(Cl)CO[Si]Oc1ccc(Br)c(Br)c1Br. The topological polar surface area (TPSA) is 18.5 Å². The van der Waals surface area contributed by atoms with E-state index < -0.39 is 0 Å². The van der Waals surface area contributed by atoms with Gasteiger partial charge in [0.15, 0.2) is 0 Å². The van der Waals surface area contributed by atoms with Crippen molar-refractivity contribution in [1.82, 2.24) is 0 Å². The van der Waals surface area contributed by atoms with Crippen molar-refractivity contribution in [3.05, 3.63) is 25.6 Å². The van der Waals surface area contributed by atoms with Crippen LogP contribution in [0, 0.1) is 0 Å². The Balaban J connectivity index is 2.52. The van der Waals surface area contributed by atoms with E-state index >= 15 is 0 Å². The Labute approximate surface area is 127 Å². The molecule has 16 heavy (non-hydrogen) atoms. The van der Waals surface area contributed by atoms with Crippen molar-refractivity contribution < 1.29 is 8.85 Å². The molecule has 0 aliphatic heterocycles. The highest BCUT2D eigenvalue weighted by molar-refractivity contribution is 9.14. The maximum atomic E-state index is 5.74. The average molecular weight is 451 g/mol. The lowest BCUT2D eigenvalue weighted by Gasteiger charge is -2.09. The molecule has 0 aromatic heterocycles. The van der Waals surface area contributed by atoms with Gasteiger partial charge in [-0.15, -0.1) is 11.6 Å². The fourth-order valence-corrected chi connectivity index (χ4v) is 3.12. The minimum absolute atomic E-state index is 0.00352. The zero-order valence-corrected chi connectivity index (χ0v) is 14.8. The van der Waals surface area contributed by atoms with Crippen LogP contribution in [0.1, 0.15) is 6.92 Å². The summed E-state index contributed by atoms with van der Waals surface area (Å²) in [5.74, 6) is 0.732. The van der Waals surface area contributed by atoms with Crippen LogP contribution in [0.15, 0.2) is 25.6 Å². The van der Waals surface area contributed by atoms with E-state index in [1.54, 1.807) is 0 Å². The van der Waals surface area contributed by atoms with E-state index in [0.717, 1.165) is 19.2 Å². The molecule has 7 heteroatoms. The van der Waals surface area contributed by atoms with Crippen LogP contribution >= 0.6 is 59.4 Å². The summed E-state index contributed by atoms with van der Waals surface area (Å²) in [6.45, 7) is 2.35. The Morgan fingerprint density at radius 3 is 2.62 bits per heavy atom. The highest BCUT2D eigenvalue weighted by atomic mass is 79.9. The largest absolute Gasteiger partial charge is 0.521 e. The number of halogens is 4. The Morgan fingerprint density at radius 1 is 1.31 bits per heavy atom. The lowest BCUT2D eigenvalue weighted by atomic mass is 10.3. The maximum absolute atomic E-state index is 5.74. The second-order valence-electron chi connectivity index (χ2n) is 2.95. The molecule has 0 bridgehead atoms. The van der Waals surface area contributed by atoms with E-state index in [1.807, 2.05) is 19.1 Å². The second-order valence-corrected chi connectivity index (χ2v) is 6.80. The molecule has 1 rings (SSSR count). The van der Waals surface area contributed by atoms with Crippen LogP contribution in [-0.2, 0) is 4.43 Å². The molecule has 0 saturated heterocycles. The fraction of sp³-hybridized carbons (Fsp3) is 0.333. The van der Waals surface area contributed by atoms with Crippen molar-refractivity contribution in [2.75, 3.05) is 6.61 Å². The lowest BCUT2D eigenvalue weighted by Crippen LogP contribution is -2.13. The quantitative estimate of drug-likeness (QED) is 0.284. The molecule has 1 aromatic carbocycles. The first-order valence-corrected chi connectivity index (χ1v) is 7.96. The van der Waals surface area contributed by atoms with Gasteiger partial charge in [-0.05, 0) is 66.8 Å². The summed E-state index contributed by atoms with van der Waals surface area (Å²) in [7, 11) is -0.0586. The molecule has 0 spiro atoms. The Bertz CT molecular complexity index is 363. The molecule has 0 amide bonds. The molecule has 1 atom stereocenters. The molecular formula is C9H8Br3ClO2Si. The Hall–Kier alpha value is 0.927. The minimum Gasteiger partial charge on any atom is -0.516 e. The van der Waals surface area contributed by atoms with Gasteiger partial charge in [0.1, 0.15) is 5.75 Å². The van der Waals surface area contributed by atoms with Crippen molar-refractivity contribution in [2.24, 2.45) is 0 Å². The molecular weight excluding hydrogens is 443 g/mol. The van der Waals surface area contributed by atoms with Gasteiger partial charge in [-0.3, -0.25) is 0 Å². The van der Waals surface area contributed by atoms with Gasteiger partial charge in [-0.2, -0.15) is 0 Å². The van der Waals surface area contributed by atoms with E-state index in [2.05, 4.69) is 47.8 Å². The summed E-state index contributed by atoms with van der Waals surface area (Å²) in [6.07, 6.45) is 0. The maximum Gasteiger partial charge on any atom is 0.521 e. The predicted molar refractivity (Wildman–Crippen MR) is 77.2 cm³/mol. The molecule has 0 aliphatic rings. The summed E-state index contributed by atoms with van der Waals surface area (Å²) in [6, 6.07) is 3.76. The lowest BCUT2D eigenvalue weighted by molar-refractivity contribution is 0.291. The number of rotatable bonds is 5. The Kier molecular flexibility index (Phi) is 6.91. The summed E-state index contributed by atoms with van der Waals surface area (Å²) in [5, 5.41) is -0.00352. The average Bonchev–Trinajstić information content (AvgIpc) is 2.23. The van der Waals surface area contributed by atoms with Crippen LogP contribution in [0.5, 0.6) is 5.75 Å². The third-order valence-electron chi connectivity index (χ3n) is 1.52. The first-order valence-electron chi connectivity index (χ1n) is 4.33. The van der Waals surface area contributed by atoms with Gasteiger partial charge in [-0.1, -0.05) is 0 Å². The molecule has 88 valence electrons. The number of benzene rings is 1. The molecule has 0 fully saturated rings. The summed E-state index contributed by atoms with van der Waals surface area (Å²) in [4.78, 5) is 0. The van der Waals surface area contributed by atoms with Gasteiger partial charge in [-0.25, -0.2) is 0 Å². The summed E-state index contributed by atoms with van der Waals surface area (Å²) < 4.78 is 13.5. The highest BCUT2D eigenvalue weighted by Gasteiger charge is 2.09. The van der Waals surface area contributed by atoms with E-state index in [1.165, 1.54) is 0 Å². The summed E-state index contributed by atoms with van der Waals surface area (Å²) in [5.41, 5.74) is 0. The third-order valence-corrected chi connectivity index (χ3v) is 5.57. The van der Waals surface area contributed by atoms with Crippen molar-refractivity contribution >= 4 is 69.4 Å². The molecule has 0 heterocycles. The van der Waals surface area contributed by atoms with Crippen LogP contribution in [-0.4, -0.2) is 22.0 Å². The highest BCUT2D eigenvalue weighted by Crippen LogP contribution is 2.37.